The molecule has 35 heavy (non-hydrogen) atoms. The SMILES string of the molecule is CCOC(=O)COc1c(Cl)cc(/C=C2\C(=O)NC(=S)N(c3ccc(CC)cc3)C2=O)cc1OCC. The third-order valence-electron chi connectivity index (χ3n) is 4.99. The molecule has 1 N–H and O–H groups in total. The number of esters is 1. The molecule has 0 saturated carbocycles. The van der Waals surface area contributed by atoms with E-state index in [0.29, 0.717) is 17.9 Å². The largest absolute Gasteiger partial charge is 0.490 e. The van der Waals surface area contributed by atoms with Gasteiger partial charge in [-0.2, -0.15) is 0 Å². The number of amides is 2. The van der Waals surface area contributed by atoms with Gasteiger partial charge in [-0.25, -0.2) is 4.79 Å². The Morgan fingerprint density at radius 1 is 1.09 bits per heavy atom. The van der Waals surface area contributed by atoms with Gasteiger partial charge in [0.05, 0.1) is 23.9 Å². The fraction of sp³-hybridized carbons (Fsp3) is 0.280. The molecule has 0 atom stereocenters. The number of hydrogen-bond acceptors (Lipinski definition) is 7. The molecule has 184 valence electrons. The minimum absolute atomic E-state index is 0.00264. The van der Waals surface area contributed by atoms with E-state index in [-0.39, 0.29) is 40.4 Å². The molecule has 8 nitrogen and oxygen atoms in total. The van der Waals surface area contributed by atoms with Gasteiger partial charge in [0, 0.05) is 0 Å². The van der Waals surface area contributed by atoms with E-state index in [4.69, 9.17) is 38.0 Å². The number of ether oxygens (including phenoxy) is 3. The predicted octanol–water partition coefficient (Wildman–Crippen LogP) is 4.07. The lowest BCUT2D eigenvalue weighted by Crippen LogP contribution is -2.54. The van der Waals surface area contributed by atoms with Gasteiger partial charge in [-0.15, -0.1) is 0 Å². The van der Waals surface area contributed by atoms with Crippen LogP contribution in [0.25, 0.3) is 6.08 Å². The summed E-state index contributed by atoms with van der Waals surface area (Å²) >= 11 is 11.6. The average Bonchev–Trinajstić information content (AvgIpc) is 2.82. The van der Waals surface area contributed by atoms with Crippen molar-refractivity contribution in [2.45, 2.75) is 27.2 Å². The molecule has 0 unspecified atom stereocenters. The van der Waals surface area contributed by atoms with Gasteiger partial charge in [0.15, 0.2) is 23.2 Å². The van der Waals surface area contributed by atoms with Crippen LogP contribution in [-0.2, 0) is 25.5 Å². The molecular weight excluding hydrogens is 492 g/mol. The van der Waals surface area contributed by atoms with Gasteiger partial charge in [-0.1, -0.05) is 30.7 Å². The van der Waals surface area contributed by atoms with Crippen molar-refractivity contribution in [3.8, 4) is 11.5 Å². The summed E-state index contributed by atoms with van der Waals surface area (Å²) in [5.41, 5.74) is 1.94. The zero-order chi connectivity index (χ0) is 25.5. The molecule has 1 fully saturated rings. The minimum Gasteiger partial charge on any atom is -0.490 e. The highest BCUT2D eigenvalue weighted by Gasteiger charge is 2.34. The zero-order valence-electron chi connectivity index (χ0n) is 19.6. The first-order valence-corrected chi connectivity index (χ1v) is 11.8. The summed E-state index contributed by atoms with van der Waals surface area (Å²) in [6.07, 6.45) is 2.25. The smallest absolute Gasteiger partial charge is 0.344 e. The highest BCUT2D eigenvalue weighted by Crippen LogP contribution is 2.37. The molecule has 2 aromatic rings. The molecule has 0 aliphatic carbocycles. The Morgan fingerprint density at radius 3 is 2.43 bits per heavy atom. The Kier molecular flexibility index (Phi) is 8.84. The van der Waals surface area contributed by atoms with Crippen molar-refractivity contribution >= 4 is 58.5 Å². The number of carbonyl (C=O) groups is 3. The fourth-order valence-electron chi connectivity index (χ4n) is 3.35. The number of thiocarbonyl (C=S) groups is 1. The maximum Gasteiger partial charge on any atom is 0.344 e. The van der Waals surface area contributed by atoms with Crippen LogP contribution in [0.3, 0.4) is 0 Å². The summed E-state index contributed by atoms with van der Waals surface area (Å²) in [4.78, 5) is 38.9. The molecule has 1 heterocycles. The molecule has 2 amide bonds. The third kappa shape index (κ3) is 6.17. The van der Waals surface area contributed by atoms with E-state index in [0.717, 1.165) is 12.0 Å². The maximum atomic E-state index is 13.3. The van der Waals surface area contributed by atoms with Crippen LogP contribution < -0.4 is 19.7 Å². The van der Waals surface area contributed by atoms with Crippen LogP contribution in [0.1, 0.15) is 31.9 Å². The Morgan fingerprint density at radius 2 is 1.80 bits per heavy atom. The van der Waals surface area contributed by atoms with E-state index in [9.17, 15) is 14.4 Å². The van der Waals surface area contributed by atoms with Crippen LogP contribution in [-0.4, -0.2) is 42.7 Å². The second kappa shape index (κ2) is 11.8. The van der Waals surface area contributed by atoms with E-state index in [1.165, 1.54) is 17.0 Å². The van der Waals surface area contributed by atoms with Gasteiger partial charge < -0.3 is 14.2 Å². The second-order valence-corrected chi connectivity index (χ2v) is 8.13. The summed E-state index contributed by atoms with van der Waals surface area (Å²) in [6, 6.07) is 10.4. The van der Waals surface area contributed by atoms with Crippen LogP contribution in [0.5, 0.6) is 11.5 Å². The Balaban J connectivity index is 1.94. The molecular formula is C25H25ClN2O6S. The average molecular weight is 517 g/mol. The predicted molar refractivity (Wildman–Crippen MR) is 137 cm³/mol. The van der Waals surface area contributed by atoms with Crippen molar-refractivity contribution in [2.24, 2.45) is 0 Å². The van der Waals surface area contributed by atoms with Gasteiger partial charge in [0.2, 0.25) is 0 Å². The van der Waals surface area contributed by atoms with E-state index < -0.39 is 17.8 Å². The molecule has 0 radical (unpaired) electrons. The molecule has 1 aliphatic rings. The van der Waals surface area contributed by atoms with Gasteiger partial charge >= 0.3 is 5.97 Å². The summed E-state index contributed by atoms with van der Waals surface area (Å²) < 4.78 is 16.0. The molecule has 0 bridgehead atoms. The second-order valence-electron chi connectivity index (χ2n) is 7.33. The number of anilines is 1. The standard InChI is InChI=1S/C25H25ClN2O6S/c1-4-15-7-9-17(10-8-15)28-24(31)18(23(30)27-25(28)35)11-16-12-19(26)22(20(13-16)32-5-2)34-14-21(29)33-6-3/h7-13H,4-6,14H2,1-3H3,(H,27,30,35)/b18-11+. The number of rotatable bonds is 9. The van der Waals surface area contributed by atoms with Gasteiger partial charge in [-0.3, -0.25) is 19.8 Å². The first-order valence-electron chi connectivity index (χ1n) is 11.0. The fourth-order valence-corrected chi connectivity index (χ4v) is 3.90. The summed E-state index contributed by atoms with van der Waals surface area (Å²) in [5.74, 6) is -1.34. The molecule has 0 spiro atoms. The highest BCUT2D eigenvalue weighted by molar-refractivity contribution is 7.80. The highest BCUT2D eigenvalue weighted by atomic mass is 35.5. The van der Waals surface area contributed by atoms with Crippen molar-refractivity contribution < 1.29 is 28.6 Å². The normalized spacial score (nSPS) is 14.7. The molecule has 2 aromatic carbocycles. The van der Waals surface area contributed by atoms with Gasteiger partial charge in [0.25, 0.3) is 11.8 Å². The molecule has 1 saturated heterocycles. The third-order valence-corrected chi connectivity index (χ3v) is 5.55. The van der Waals surface area contributed by atoms with Crippen LogP contribution >= 0.6 is 23.8 Å². The van der Waals surface area contributed by atoms with Crippen molar-refractivity contribution in [3.05, 3.63) is 58.1 Å². The number of carbonyl (C=O) groups excluding carboxylic acids is 3. The first kappa shape index (κ1) is 26.2. The van der Waals surface area contributed by atoms with E-state index >= 15 is 0 Å². The minimum atomic E-state index is -0.627. The lowest BCUT2D eigenvalue weighted by Gasteiger charge is -2.29. The number of aryl methyl sites for hydroxylation is 1. The number of nitrogens with one attached hydrogen (secondary N) is 1. The van der Waals surface area contributed by atoms with Crippen molar-refractivity contribution in [1.82, 2.24) is 5.32 Å². The Bertz CT molecular complexity index is 1180. The van der Waals surface area contributed by atoms with E-state index in [1.807, 2.05) is 19.1 Å². The lowest BCUT2D eigenvalue weighted by molar-refractivity contribution is -0.145. The molecule has 10 heteroatoms. The topological polar surface area (TPSA) is 94.2 Å². The van der Waals surface area contributed by atoms with Gasteiger partial charge in [0.1, 0.15) is 5.57 Å². The quantitative estimate of drug-likeness (QED) is 0.232. The number of halogens is 1. The number of nitrogens with zero attached hydrogens (tertiary/aromatic N) is 1. The van der Waals surface area contributed by atoms with Crippen LogP contribution in [0.15, 0.2) is 42.0 Å². The number of hydrogen-bond donors (Lipinski definition) is 1. The maximum absolute atomic E-state index is 13.3. The molecule has 1 aliphatic heterocycles. The van der Waals surface area contributed by atoms with Crippen LogP contribution in [0.2, 0.25) is 5.02 Å². The first-order chi connectivity index (χ1) is 16.8. The molecule has 3 rings (SSSR count). The van der Waals surface area contributed by atoms with Crippen molar-refractivity contribution in [2.75, 3.05) is 24.7 Å². The number of benzene rings is 2. The summed E-state index contributed by atoms with van der Waals surface area (Å²) in [7, 11) is 0. The Hall–Kier alpha value is -3.43. The van der Waals surface area contributed by atoms with E-state index in [1.54, 1.807) is 32.0 Å². The van der Waals surface area contributed by atoms with Crippen molar-refractivity contribution in [1.29, 1.82) is 0 Å². The van der Waals surface area contributed by atoms with E-state index in [2.05, 4.69) is 5.32 Å². The monoisotopic (exact) mass is 516 g/mol. The lowest BCUT2D eigenvalue weighted by atomic mass is 10.1. The summed E-state index contributed by atoms with van der Waals surface area (Å²) in [5, 5.41) is 2.69. The summed E-state index contributed by atoms with van der Waals surface area (Å²) in [6.45, 7) is 5.66. The van der Waals surface area contributed by atoms with Crippen molar-refractivity contribution in [3.63, 3.8) is 0 Å². The van der Waals surface area contributed by atoms with Crippen LogP contribution in [0, 0.1) is 0 Å². The Labute approximate surface area is 213 Å². The molecule has 0 aromatic heterocycles. The van der Waals surface area contributed by atoms with Crippen LogP contribution in [0.4, 0.5) is 5.69 Å². The zero-order valence-corrected chi connectivity index (χ0v) is 21.1. The van der Waals surface area contributed by atoms with Gasteiger partial charge in [-0.05, 0) is 74.0 Å².